The second kappa shape index (κ2) is 68.1. The van der Waals surface area contributed by atoms with Crippen LogP contribution in [0.2, 0.25) is 0 Å². The summed E-state index contributed by atoms with van der Waals surface area (Å²) in [6.07, 6.45) is 90.5. The fourth-order valence-corrected chi connectivity index (χ4v) is 9.94. The zero-order valence-corrected chi connectivity index (χ0v) is 53.1. The Morgan fingerprint density at radius 2 is 0.512 bits per heavy atom. The van der Waals surface area contributed by atoms with Crippen LogP contribution in [0.3, 0.4) is 0 Å². The van der Waals surface area contributed by atoms with Gasteiger partial charge in [-0.15, -0.1) is 0 Å². The van der Waals surface area contributed by atoms with Gasteiger partial charge < -0.3 is 14.2 Å². The van der Waals surface area contributed by atoms with Crippen molar-refractivity contribution in [2.24, 2.45) is 0 Å². The van der Waals surface area contributed by atoms with Gasteiger partial charge in [-0.05, 0) is 109 Å². The number of esters is 3. The van der Waals surface area contributed by atoms with Gasteiger partial charge in [-0.25, -0.2) is 0 Å². The van der Waals surface area contributed by atoms with Gasteiger partial charge in [-0.3, -0.25) is 14.4 Å². The minimum Gasteiger partial charge on any atom is -0.462 e. The van der Waals surface area contributed by atoms with Gasteiger partial charge >= 0.3 is 17.9 Å². The summed E-state index contributed by atoms with van der Waals surface area (Å²) in [6.45, 7) is 6.49. The van der Waals surface area contributed by atoms with Crippen LogP contribution in [0, 0.1) is 0 Å². The van der Waals surface area contributed by atoms with Crippen LogP contribution < -0.4 is 0 Å². The zero-order chi connectivity index (χ0) is 57.8. The highest BCUT2D eigenvalue weighted by Crippen LogP contribution is 2.17. The molecule has 6 nitrogen and oxygen atoms in total. The Hall–Kier alpha value is -3.41. The lowest BCUT2D eigenvalue weighted by Gasteiger charge is -2.18. The van der Waals surface area contributed by atoms with Crippen LogP contribution in [0.25, 0.3) is 0 Å². The van der Waals surface area contributed by atoms with E-state index in [2.05, 4.69) is 106 Å². The largest absolute Gasteiger partial charge is 0.462 e. The van der Waals surface area contributed by atoms with Crippen molar-refractivity contribution < 1.29 is 28.6 Å². The third-order valence-electron chi connectivity index (χ3n) is 15.1. The van der Waals surface area contributed by atoms with Gasteiger partial charge in [-0.2, -0.15) is 0 Å². The molecule has 0 fully saturated rings. The molecule has 0 rings (SSSR count). The van der Waals surface area contributed by atoms with E-state index in [-0.39, 0.29) is 31.1 Å². The topological polar surface area (TPSA) is 78.9 Å². The summed E-state index contributed by atoms with van der Waals surface area (Å²) < 4.78 is 16.9. The number of carbonyl (C=O) groups excluding carboxylic acids is 3. The Morgan fingerprint density at radius 3 is 0.825 bits per heavy atom. The van der Waals surface area contributed by atoms with E-state index >= 15 is 0 Å². The van der Waals surface area contributed by atoms with Gasteiger partial charge in [0.05, 0.1) is 0 Å². The van der Waals surface area contributed by atoms with Crippen molar-refractivity contribution in [1.29, 1.82) is 0 Å². The minimum absolute atomic E-state index is 0.0768. The van der Waals surface area contributed by atoms with Crippen LogP contribution in [0.15, 0.2) is 85.1 Å². The number of rotatable bonds is 63. The van der Waals surface area contributed by atoms with Gasteiger partial charge in [0, 0.05) is 19.3 Å². The van der Waals surface area contributed by atoms with E-state index in [0.717, 1.165) is 103 Å². The molecule has 0 saturated heterocycles. The molecule has 1 atom stereocenters. The Morgan fingerprint density at radius 1 is 0.263 bits per heavy atom. The zero-order valence-electron chi connectivity index (χ0n) is 53.1. The molecular weight excluding hydrogens is 985 g/mol. The molecule has 0 spiro atoms. The molecule has 0 heterocycles. The predicted octanol–water partition coefficient (Wildman–Crippen LogP) is 23.8. The standard InChI is InChI=1S/C74H130O6/c1-4-7-10-13-16-19-22-24-26-28-30-32-34-35-36-37-38-39-41-42-44-46-48-50-52-55-58-61-64-67-73(76)79-70-71(69-78-72(75)66-63-60-57-54-21-18-15-12-9-6-3)80-74(77)68-65-62-59-56-53-51-49-47-45-43-40-33-31-29-27-25-23-20-17-14-11-8-5-2/h7,10,12,15-16,19,23-26,29-32,71H,4-6,8-9,11,13-14,17-18,20-22,27-28,33-70H2,1-3H3/b10-7-,15-12-,19-16-,25-23-,26-24-,31-29-,32-30-. The summed E-state index contributed by atoms with van der Waals surface area (Å²) in [6, 6.07) is 0. The van der Waals surface area contributed by atoms with E-state index in [4.69, 9.17) is 14.2 Å². The average molecular weight is 1120 g/mol. The highest BCUT2D eigenvalue weighted by Gasteiger charge is 2.19. The van der Waals surface area contributed by atoms with Crippen LogP contribution >= 0.6 is 0 Å². The Bertz CT molecular complexity index is 1520. The summed E-state index contributed by atoms with van der Waals surface area (Å²) in [5.41, 5.74) is 0. The molecule has 0 amide bonds. The second-order valence-corrected chi connectivity index (χ2v) is 23.1. The molecule has 0 aromatic rings. The predicted molar refractivity (Wildman–Crippen MR) is 348 cm³/mol. The van der Waals surface area contributed by atoms with Crippen molar-refractivity contribution in [2.75, 3.05) is 13.2 Å². The summed E-state index contributed by atoms with van der Waals surface area (Å²) in [5.74, 6) is -0.874. The van der Waals surface area contributed by atoms with Gasteiger partial charge in [-0.1, -0.05) is 305 Å². The van der Waals surface area contributed by atoms with Crippen LogP contribution in [0.4, 0.5) is 0 Å². The van der Waals surface area contributed by atoms with Crippen molar-refractivity contribution in [3.05, 3.63) is 85.1 Å². The normalized spacial score (nSPS) is 12.6. The fourth-order valence-electron chi connectivity index (χ4n) is 9.94. The molecule has 1 unspecified atom stereocenters. The van der Waals surface area contributed by atoms with Gasteiger partial charge in [0.15, 0.2) is 6.10 Å². The van der Waals surface area contributed by atoms with E-state index in [0.29, 0.717) is 19.3 Å². The molecule has 6 heteroatoms. The monoisotopic (exact) mass is 1110 g/mol. The number of unbranched alkanes of at least 4 members (excludes halogenated alkanes) is 38. The minimum atomic E-state index is -0.780. The van der Waals surface area contributed by atoms with E-state index in [9.17, 15) is 14.4 Å². The lowest BCUT2D eigenvalue weighted by atomic mass is 10.0. The molecule has 0 bridgehead atoms. The second-order valence-electron chi connectivity index (χ2n) is 23.1. The van der Waals surface area contributed by atoms with Gasteiger partial charge in [0.2, 0.25) is 0 Å². The lowest BCUT2D eigenvalue weighted by molar-refractivity contribution is -0.167. The molecular formula is C74H130O6. The van der Waals surface area contributed by atoms with Crippen molar-refractivity contribution in [1.82, 2.24) is 0 Å². The Balaban J connectivity index is 4.17. The molecule has 0 aliphatic rings. The summed E-state index contributed by atoms with van der Waals surface area (Å²) >= 11 is 0. The fraction of sp³-hybridized carbons (Fsp3) is 0.770. The third-order valence-corrected chi connectivity index (χ3v) is 15.1. The number of hydrogen-bond donors (Lipinski definition) is 0. The molecule has 80 heavy (non-hydrogen) atoms. The smallest absolute Gasteiger partial charge is 0.306 e. The summed E-state index contributed by atoms with van der Waals surface area (Å²) in [5, 5.41) is 0. The molecule has 0 aromatic heterocycles. The van der Waals surface area contributed by atoms with Crippen LogP contribution in [0.5, 0.6) is 0 Å². The van der Waals surface area contributed by atoms with Gasteiger partial charge in [0.1, 0.15) is 13.2 Å². The number of allylic oxidation sites excluding steroid dienone is 14. The highest BCUT2D eigenvalue weighted by atomic mass is 16.6. The van der Waals surface area contributed by atoms with E-state index in [1.54, 1.807) is 0 Å². The molecule has 0 N–H and O–H groups in total. The molecule has 462 valence electrons. The Kier molecular flexibility index (Phi) is 65.2. The van der Waals surface area contributed by atoms with Crippen LogP contribution in [-0.4, -0.2) is 37.2 Å². The molecule has 0 saturated carbocycles. The molecule has 0 aliphatic carbocycles. The summed E-state index contributed by atoms with van der Waals surface area (Å²) in [4.78, 5) is 38.3. The lowest BCUT2D eigenvalue weighted by Crippen LogP contribution is -2.30. The van der Waals surface area contributed by atoms with Gasteiger partial charge in [0.25, 0.3) is 0 Å². The quantitative estimate of drug-likeness (QED) is 0.0261. The number of ether oxygens (including phenoxy) is 3. The SMILES string of the molecule is CC/C=C\C/C=C\C/C=C\C/C=C\CCCCCCCCCCCCCCCCCCC(=O)OCC(COC(=O)CCCCCCC/C=C\CCC)OC(=O)CCCCCCCCCCCCC/C=C\C/C=C\CCCCCCC. The van der Waals surface area contributed by atoms with Crippen LogP contribution in [-0.2, 0) is 28.6 Å². The highest BCUT2D eigenvalue weighted by molar-refractivity contribution is 5.71. The first-order chi connectivity index (χ1) is 39.5. The molecule has 0 aromatic carbocycles. The summed E-state index contributed by atoms with van der Waals surface area (Å²) in [7, 11) is 0. The molecule has 0 radical (unpaired) electrons. The van der Waals surface area contributed by atoms with E-state index in [1.807, 2.05) is 0 Å². The average Bonchev–Trinajstić information content (AvgIpc) is 3.46. The number of hydrogen-bond acceptors (Lipinski definition) is 6. The molecule has 0 aliphatic heterocycles. The maximum Gasteiger partial charge on any atom is 0.306 e. The van der Waals surface area contributed by atoms with Crippen molar-refractivity contribution >= 4 is 17.9 Å². The first kappa shape index (κ1) is 76.6. The van der Waals surface area contributed by atoms with Crippen LogP contribution in [0.1, 0.15) is 348 Å². The van der Waals surface area contributed by atoms with Crippen molar-refractivity contribution in [3.8, 4) is 0 Å². The van der Waals surface area contributed by atoms with Crippen molar-refractivity contribution in [2.45, 2.75) is 354 Å². The first-order valence-corrected chi connectivity index (χ1v) is 34.6. The van der Waals surface area contributed by atoms with Crippen molar-refractivity contribution in [3.63, 3.8) is 0 Å². The Labute approximate surface area is 496 Å². The third kappa shape index (κ3) is 65.4. The maximum atomic E-state index is 12.9. The number of carbonyl (C=O) groups is 3. The van der Waals surface area contributed by atoms with E-state index < -0.39 is 6.10 Å². The first-order valence-electron chi connectivity index (χ1n) is 34.6. The van der Waals surface area contributed by atoms with E-state index in [1.165, 1.54) is 205 Å². The maximum absolute atomic E-state index is 12.9.